The van der Waals surface area contributed by atoms with Gasteiger partial charge in [-0.05, 0) is 48.9 Å². The highest BCUT2D eigenvalue weighted by molar-refractivity contribution is 6.02. The van der Waals surface area contributed by atoms with E-state index in [2.05, 4.69) is 35.0 Å². The van der Waals surface area contributed by atoms with Gasteiger partial charge in [0.15, 0.2) is 5.78 Å². The molecule has 2 N–H and O–H groups in total. The van der Waals surface area contributed by atoms with E-state index in [-0.39, 0.29) is 12.4 Å². The quantitative estimate of drug-likeness (QED) is 0.849. The van der Waals surface area contributed by atoms with E-state index < -0.39 is 0 Å². The fraction of sp³-hybridized carbons (Fsp3) is 0.550. The maximum atomic E-state index is 12.1. The molecule has 1 unspecified atom stereocenters. The number of fused-ring (bicyclic) bond motifs is 2. The number of aliphatic hydroxyl groups is 1. The minimum atomic E-state index is 0.122. The third kappa shape index (κ3) is 2.32. The van der Waals surface area contributed by atoms with Gasteiger partial charge < -0.3 is 10.1 Å². The Kier molecular flexibility index (Phi) is 3.97. The predicted octanol–water partition coefficient (Wildman–Crippen LogP) is 3.10. The van der Waals surface area contributed by atoms with Crippen molar-refractivity contribution in [3.63, 3.8) is 0 Å². The summed E-state index contributed by atoms with van der Waals surface area (Å²) in [4.78, 5) is 18.0. The summed E-state index contributed by atoms with van der Waals surface area (Å²) in [5, 5.41) is 11.0. The summed E-state index contributed by atoms with van der Waals surface area (Å²) >= 11 is 0. The Labute approximate surface area is 142 Å². The predicted molar refractivity (Wildman–Crippen MR) is 95.6 cm³/mol. The number of H-pyrrole nitrogens is 1. The maximum absolute atomic E-state index is 12.1. The van der Waals surface area contributed by atoms with Crippen molar-refractivity contribution in [2.24, 2.45) is 5.92 Å². The topological polar surface area (TPSA) is 56.3 Å². The number of benzene rings is 1. The van der Waals surface area contributed by atoms with Gasteiger partial charge in [-0.2, -0.15) is 0 Å². The lowest BCUT2D eigenvalue weighted by Crippen LogP contribution is -2.51. The Balaban J connectivity index is 1.86. The number of hydrogen-bond donors (Lipinski definition) is 2. The van der Waals surface area contributed by atoms with Crippen LogP contribution in [0.2, 0.25) is 0 Å². The van der Waals surface area contributed by atoms with Gasteiger partial charge in [-0.1, -0.05) is 19.1 Å². The Bertz CT molecular complexity index is 779. The second-order valence-electron chi connectivity index (χ2n) is 7.46. The van der Waals surface area contributed by atoms with Crippen molar-refractivity contribution in [3.8, 4) is 0 Å². The molecule has 1 aromatic heterocycles. The van der Waals surface area contributed by atoms with E-state index in [4.69, 9.17) is 0 Å². The van der Waals surface area contributed by atoms with Crippen LogP contribution >= 0.6 is 0 Å². The Hall–Kier alpha value is -1.65. The number of carbonyl (C=O) groups is 1. The highest BCUT2D eigenvalue weighted by Crippen LogP contribution is 2.45. The second kappa shape index (κ2) is 6.01. The normalized spacial score (nSPS) is 26.5. The van der Waals surface area contributed by atoms with Crippen LogP contribution in [0.25, 0.3) is 10.9 Å². The maximum Gasteiger partial charge on any atom is 0.176 e. The van der Waals surface area contributed by atoms with Gasteiger partial charge in [-0.3, -0.25) is 9.69 Å². The van der Waals surface area contributed by atoms with E-state index in [9.17, 15) is 9.90 Å². The van der Waals surface area contributed by atoms with Crippen molar-refractivity contribution in [1.29, 1.82) is 0 Å². The molecule has 2 aliphatic rings. The third-order valence-corrected chi connectivity index (χ3v) is 5.91. The minimum absolute atomic E-state index is 0.122. The van der Waals surface area contributed by atoms with Crippen LogP contribution in [-0.2, 0) is 6.42 Å². The van der Waals surface area contributed by atoms with Gasteiger partial charge in [0.1, 0.15) is 0 Å². The van der Waals surface area contributed by atoms with Crippen molar-refractivity contribution >= 4 is 16.7 Å². The first kappa shape index (κ1) is 15.9. The molecule has 24 heavy (non-hydrogen) atoms. The van der Waals surface area contributed by atoms with Crippen LogP contribution in [0.15, 0.2) is 18.2 Å². The summed E-state index contributed by atoms with van der Waals surface area (Å²) in [6.07, 6.45) is 3.10. The molecule has 1 aliphatic carbocycles. The molecule has 4 heteroatoms. The van der Waals surface area contributed by atoms with Gasteiger partial charge >= 0.3 is 0 Å². The van der Waals surface area contributed by atoms with E-state index in [1.54, 1.807) is 6.92 Å². The molecule has 1 aliphatic heterocycles. The zero-order valence-corrected chi connectivity index (χ0v) is 14.5. The Morgan fingerprint density at radius 3 is 2.96 bits per heavy atom. The molecule has 0 bridgehead atoms. The zero-order valence-electron chi connectivity index (χ0n) is 14.5. The monoisotopic (exact) mass is 326 g/mol. The lowest BCUT2D eigenvalue weighted by atomic mass is 9.72. The van der Waals surface area contributed by atoms with Gasteiger partial charge in [0.25, 0.3) is 0 Å². The number of hydrogen-bond acceptors (Lipinski definition) is 3. The Morgan fingerprint density at radius 1 is 1.42 bits per heavy atom. The number of aromatic nitrogens is 1. The van der Waals surface area contributed by atoms with Crippen LogP contribution < -0.4 is 0 Å². The first-order valence-corrected chi connectivity index (χ1v) is 9.13. The van der Waals surface area contributed by atoms with E-state index in [1.807, 2.05) is 0 Å². The van der Waals surface area contributed by atoms with E-state index in [0.29, 0.717) is 17.9 Å². The van der Waals surface area contributed by atoms with Crippen LogP contribution in [0.4, 0.5) is 0 Å². The average molecular weight is 326 g/mol. The van der Waals surface area contributed by atoms with E-state index in [1.165, 1.54) is 16.5 Å². The molecule has 1 saturated heterocycles. The molecule has 2 heterocycles. The molecule has 2 aromatic rings. The summed E-state index contributed by atoms with van der Waals surface area (Å²) in [6.45, 7) is 6.15. The highest BCUT2D eigenvalue weighted by Gasteiger charge is 2.41. The molecule has 0 amide bonds. The van der Waals surface area contributed by atoms with Gasteiger partial charge in [0.05, 0.1) is 5.69 Å². The number of rotatable bonds is 4. The summed E-state index contributed by atoms with van der Waals surface area (Å²) in [7, 11) is 0. The number of piperidine rings is 1. The molecule has 128 valence electrons. The van der Waals surface area contributed by atoms with Crippen molar-refractivity contribution in [2.45, 2.75) is 45.1 Å². The van der Waals surface area contributed by atoms with Gasteiger partial charge in [-0.25, -0.2) is 0 Å². The van der Waals surface area contributed by atoms with Crippen LogP contribution in [0.3, 0.4) is 0 Å². The lowest BCUT2D eigenvalue weighted by Gasteiger charge is -2.47. The number of carbonyl (C=O) groups excluding carboxylic acids is 1. The summed E-state index contributed by atoms with van der Waals surface area (Å²) < 4.78 is 0. The first-order valence-electron chi connectivity index (χ1n) is 9.13. The minimum Gasteiger partial charge on any atom is -0.396 e. The van der Waals surface area contributed by atoms with Crippen molar-refractivity contribution in [1.82, 2.24) is 9.88 Å². The van der Waals surface area contributed by atoms with Gasteiger partial charge in [0, 0.05) is 42.9 Å². The standard InChI is InChI=1S/C20H26N2O2/c1-3-7-22-10-13(11-23)8-15-14-5-4-6-17-19(14)16(9-18(15)22)20(21-17)12(2)24/h4-6,13,15,18,21,23H,3,7-11H2,1-2H3/t13?,15-,18-/m1/s1. The highest BCUT2D eigenvalue weighted by atomic mass is 16.3. The van der Waals surface area contributed by atoms with Crippen LogP contribution in [0.1, 0.15) is 54.2 Å². The molecule has 3 atom stereocenters. The fourth-order valence-corrected chi connectivity index (χ4v) is 4.96. The number of likely N-dealkylation sites (tertiary alicyclic amines) is 1. The largest absolute Gasteiger partial charge is 0.396 e. The zero-order chi connectivity index (χ0) is 16.8. The van der Waals surface area contributed by atoms with Crippen LogP contribution in [-0.4, -0.2) is 46.5 Å². The number of ketones is 1. The molecular formula is C20H26N2O2. The molecular weight excluding hydrogens is 300 g/mol. The lowest BCUT2D eigenvalue weighted by molar-refractivity contribution is 0.0570. The van der Waals surface area contributed by atoms with Crippen molar-refractivity contribution in [3.05, 3.63) is 35.0 Å². The van der Waals surface area contributed by atoms with E-state index >= 15 is 0 Å². The molecule has 0 spiro atoms. The molecule has 0 radical (unpaired) electrons. The first-order chi connectivity index (χ1) is 11.6. The second-order valence-corrected chi connectivity index (χ2v) is 7.46. The number of aromatic amines is 1. The summed E-state index contributed by atoms with van der Waals surface area (Å²) in [5.41, 5.74) is 4.44. The molecule has 1 fully saturated rings. The number of Topliss-reactive ketones (excluding diaryl/α,β-unsaturated/α-hetero) is 1. The average Bonchev–Trinajstić information content (AvgIpc) is 2.96. The van der Waals surface area contributed by atoms with Gasteiger partial charge in [-0.15, -0.1) is 0 Å². The molecule has 4 nitrogen and oxygen atoms in total. The van der Waals surface area contributed by atoms with Crippen LogP contribution in [0, 0.1) is 5.92 Å². The summed E-state index contributed by atoms with van der Waals surface area (Å²) in [6, 6.07) is 6.84. The molecule has 1 aromatic carbocycles. The smallest absolute Gasteiger partial charge is 0.176 e. The van der Waals surface area contributed by atoms with Gasteiger partial charge in [0.2, 0.25) is 0 Å². The summed E-state index contributed by atoms with van der Waals surface area (Å²) in [5.74, 6) is 0.923. The molecule has 4 rings (SSSR count). The van der Waals surface area contributed by atoms with E-state index in [0.717, 1.165) is 43.6 Å². The third-order valence-electron chi connectivity index (χ3n) is 5.91. The molecule has 0 saturated carbocycles. The number of nitrogens with zero attached hydrogens (tertiary/aromatic N) is 1. The van der Waals surface area contributed by atoms with Crippen LogP contribution in [0.5, 0.6) is 0 Å². The SMILES string of the molecule is CCCN1CC(CO)C[C@@H]2c3cccc4[nH]c(C(C)=O)c(c34)C[C@H]21. The number of aliphatic hydroxyl groups excluding tert-OH is 1. The van der Waals surface area contributed by atoms with Crippen molar-refractivity contribution in [2.75, 3.05) is 19.7 Å². The number of nitrogens with one attached hydrogen (secondary N) is 1. The fourth-order valence-electron chi connectivity index (χ4n) is 4.96. The Morgan fingerprint density at radius 2 is 2.25 bits per heavy atom. The van der Waals surface area contributed by atoms with Crippen molar-refractivity contribution < 1.29 is 9.90 Å².